The largest absolute Gasteiger partial charge is 0.534 e. The van der Waals surface area contributed by atoms with E-state index in [1.54, 1.807) is 45.0 Å². The first-order chi connectivity index (χ1) is 16.5. The third kappa shape index (κ3) is 8.45. The van der Waals surface area contributed by atoms with Crippen LogP contribution in [0, 0.1) is 0 Å². The number of carbonyl (C=O) groups is 1. The Morgan fingerprint density at radius 2 is 1.78 bits per heavy atom. The zero-order valence-corrected chi connectivity index (χ0v) is 21.6. The van der Waals surface area contributed by atoms with Gasteiger partial charge in [-0.3, -0.25) is 0 Å². The highest BCUT2D eigenvalue weighted by molar-refractivity contribution is 7.88. The normalized spacial score (nSPS) is 13.1. The summed E-state index contributed by atoms with van der Waals surface area (Å²) < 4.78 is 75.2. The fourth-order valence-electron chi connectivity index (χ4n) is 2.98. The van der Waals surface area contributed by atoms with Crippen LogP contribution in [0.15, 0.2) is 42.5 Å². The molecule has 0 aromatic heterocycles. The molecule has 0 spiro atoms. The summed E-state index contributed by atoms with van der Waals surface area (Å²) >= 11 is 5.98. The minimum absolute atomic E-state index is 0.0523. The van der Waals surface area contributed by atoms with Crippen LogP contribution in [0.1, 0.15) is 38.0 Å². The Bertz CT molecular complexity index is 1170. The third-order valence-electron chi connectivity index (χ3n) is 4.66. The summed E-state index contributed by atoms with van der Waals surface area (Å²) in [6.07, 6.45) is -1.59. The van der Waals surface area contributed by atoms with Crippen molar-refractivity contribution in [1.82, 2.24) is 4.90 Å². The molecule has 0 bridgehead atoms. The van der Waals surface area contributed by atoms with E-state index in [0.717, 1.165) is 13.2 Å². The van der Waals surface area contributed by atoms with Gasteiger partial charge in [0.05, 0.1) is 19.8 Å². The molecule has 0 saturated carbocycles. The molecule has 1 N–H and O–H groups in total. The Morgan fingerprint density at radius 1 is 1.11 bits per heavy atom. The van der Waals surface area contributed by atoms with Crippen LogP contribution in [0.2, 0.25) is 5.02 Å². The Morgan fingerprint density at radius 3 is 2.33 bits per heavy atom. The Kier molecular flexibility index (Phi) is 9.49. The van der Waals surface area contributed by atoms with Gasteiger partial charge < -0.3 is 23.7 Å². The fourth-order valence-corrected chi connectivity index (χ4v) is 3.64. The zero-order valence-electron chi connectivity index (χ0n) is 20.0. The number of alkyl halides is 3. The molecule has 0 fully saturated rings. The van der Waals surface area contributed by atoms with Crippen molar-refractivity contribution in [2.75, 3.05) is 20.2 Å². The number of halogens is 4. The number of aliphatic hydroxyl groups excluding tert-OH is 1. The molecule has 200 valence electrons. The molecule has 36 heavy (non-hydrogen) atoms. The van der Waals surface area contributed by atoms with Gasteiger partial charge in [-0.05, 0) is 62.6 Å². The first-order valence-corrected chi connectivity index (χ1v) is 12.4. The van der Waals surface area contributed by atoms with Crippen molar-refractivity contribution in [3.63, 3.8) is 0 Å². The maximum atomic E-state index is 12.8. The number of nitrogens with zero attached hydrogens (tertiary/aromatic N) is 1. The lowest BCUT2D eigenvalue weighted by molar-refractivity contribution is -0.0500. The summed E-state index contributed by atoms with van der Waals surface area (Å²) in [6, 6.07) is 10.2. The molecule has 0 saturated heterocycles. The van der Waals surface area contributed by atoms with Crippen LogP contribution < -0.4 is 8.92 Å². The average molecular weight is 554 g/mol. The molecule has 8 nitrogen and oxygen atoms in total. The number of aliphatic hydroxyl groups is 1. The lowest BCUT2D eigenvalue weighted by atomic mass is 10.1. The van der Waals surface area contributed by atoms with Gasteiger partial charge in [0.15, 0.2) is 11.5 Å². The average Bonchev–Trinajstić information content (AvgIpc) is 2.74. The van der Waals surface area contributed by atoms with Crippen molar-refractivity contribution < 1.29 is 45.1 Å². The number of hydrogen-bond acceptors (Lipinski definition) is 7. The Hall–Kier alpha value is -2.70. The molecule has 0 heterocycles. The van der Waals surface area contributed by atoms with Crippen molar-refractivity contribution in [2.45, 2.75) is 44.4 Å². The monoisotopic (exact) mass is 553 g/mol. The highest BCUT2D eigenvalue weighted by Gasteiger charge is 2.49. The highest BCUT2D eigenvalue weighted by Crippen LogP contribution is 2.34. The van der Waals surface area contributed by atoms with E-state index in [1.165, 1.54) is 17.0 Å². The van der Waals surface area contributed by atoms with Gasteiger partial charge in [-0.2, -0.15) is 21.6 Å². The van der Waals surface area contributed by atoms with Gasteiger partial charge in [-0.15, -0.1) is 0 Å². The molecule has 2 aromatic rings. The predicted octanol–water partition coefficient (Wildman–Crippen LogP) is 5.09. The van der Waals surface area contributed by atoms with E-state index in [2.05, 4.69) is 4.18 Å². The van der Waals surface area contributed by atoms with Gasteiger partial charge in [0, 0.05) is 11.6 Å². The number of methoxy groups -OCH3 is 1. The van der Waals surface area contributed by atoms with Gasteiger partial charge in [-0.1, -0.05) is 29.8 Å². The van der Waals surface area contributed by atoms with Crippen LogP contribution in [-0.4, -0.2) is 55.8 Å². The van der Waals surface area contributed by atoms with Crippen molar-refractivity contribution >= 4 is 27.8 Å². The van der Waals surface area contributed by atoms with Crippen LogP contribution in [0.25, 0.3) is 0 Å². The quantitative estimate of drug-likeness (QED) is 0.341. The van der Waals surface area contributed by atoms with E-state index < -0.39 is 39.2 Å². The predicted molar refractivity (Wildman–Crippen MR) is 127 cm³/mol. The van der Waals surface area contributed by atoms with Crippen LogP contribution in [0.5, 0.6) is 11.5 Å². The zero-order chi connectivity index (χ0) is 27.3. The summed E-state index contributed by atoms with van der Waals surface area (Å²) in [5.74, 6) is -0.887. The first kappa shape index (κ1) is 29.5. The maximum Gasteiger partial charge on any atom is 0.534 e. The number of carbonyl (C=O) groups excluding carboxylic acids is 1. The van der Waals surface area contributed by atoms with Crippen molar-refractivity contribution in [3.05, 3.63) is 58.6 Å². The molecule has 1 unspecified atom stereocenters. The molecule has 2 aromatic carbocycles. The molecule has 13 heteroatoms. The fraction of sp³-hybridized carbons (Fsp3) is 0.435. The summed E-state index contributed by atoms with van der Waals surface area (Å²) in [4.78, 5) is 14.1. The molecule has 0 aliphatic carbocycles. The standard InChI is InChI=1S/C23H27ClF3NO7S/c1-22(2,3)34-21(30)28(14-18(29)16-6-5-7-17(24)13-16)11-10-15-8-9-19(20(12-15)33-4)35-36(31,32)23(25,26)27/h5-9,12-13,18,29H,10-11,14H2,1-4H3. The summed E-state index contributed by atoms with van der Waals surface area (Å²) in [7, 11) is -4.74. The Labute approximate surface area is 212 Å². The molecule has 0 aliphatic heterocycles. The highest BCUT2D eigenvalue weighted by atomic mass is 35.5. The number of amides is 1. The maximum absolute atomic E-state index is 12.8. The molecule has 0 aliphatic rings. The van der Waals surface area contributed by atoms with Crippen LogP contribution in [0.4, 0.5) is 18.0 Å². The van der Waals surface area contributed by atoms with E-state index in [4.69, 9.17) is 21.1 Å². The second kappa shape index (κ2) is 11.6. The molecular weight excluding hydrogens is 527 g/mol. The van der Waals surface area contributed by atoms with E-state index in [1.807, 2.05) is 0 Å². The molecule has 2 rings (SSSR count). The topological polar surface area (TPSA) is 102 Å². The van der Waals surface area contributed by atoms with E-state index >= 15 is 0 Å². The number of ether oxygens (including phenoxy) is 2. The van der Waals surface area contributed by atoms with E-state index in [-0.39, 0.29) is 25.3 Å². The lowest BCUT2D eigenvalue weighted by Crippen LogP contribution is -2.40. The molecule has 1 atom stereocenters. The van der Waals surface area contributed by atoms with Gasteiger partial charge >= 0.3 is 21.7 Å². The van der Waals surface area contributed by atoms with Gasteiger partial charge in [0.1, 0.15) is 5.60 Å². The number of rotatable bonds is 9. The van der Waals surface area contributed by atoms with Gasteiger partial charge in [0.25, 0.3) is 0 Å². The first-order valence-electron chi connectivity index (χ1n) is 10.6. The van der Waals surface area contributed by atoms with E-state index in [0.29, 0.717) is 16.1 Å². The van der Waals surface area contributed by atoms with Crippen LogP contribution >= 0.6 is 11.6 Å². The Balaban J connectivity index is 2.22. The smallest absolute Gasteiger partial charge is 0.493 e. The van der Waals surface area contributed by atoms with Crippen molar-refractivity contribution in [1.29, 1.82) is 0 Å². The number of hydrogen-bond donors (Lipinski definition) is 1. The lowest BCUT2D eigenvalue weighted by Gasteiger charge is -2.29. The summed E-state index contributed by atoms with van der Waals surface area (Å²) in [5.41, 5.74) is -5.42. The summed E-state index contributed by atoms with van der Waals surface area (Å²) in [6.45, 7) is 4.99. The van der Waals surface area contributed by atoms with Gasteiger partial charge in [-0.25, -0.2) is 4.79 Å². The minimum atomic E-state index is -5.88. The SMILES string of the molecule is COc1cc(CCN(CC(O)c2cccc(Cl)c2)C(=O)OC(C)(C)C)ccc1OS(=O)(=O)C(F)(F)F. The molecular formula is C23H27ClF3NO7S. The van der Waals surface area contributed by atoms with Gasteiger partial charge in [0.2, 0.25) is 0 Å². The van der Waals surface area contributed by atoms with E-state index in [9.17, 15) is 31.5 Å². The van der Waals surface area contributed by atoms with Crippen molar-refractivity contribution in [3.8, 4) is 11.5 Å². The third-order valence-corrected chi connectivity index (χ3v) is 5.86. The summed E-state index contributed by atoms with van der Waals surface area (Å²) in [5, 5.41) is 11.1. The second-order valence-corrected chi connectivity index (χ2v) is 10.7. The number of benzene rings is 2. The molecule has 0 radical (unpaired) electrons. The molecule has 1 amide bonds. The van der Waals surface area contributed by atoms with Crippen LogP contribution in [-0.2, 0) is 21.3 Å². The van der Waals surface area contributed by atoms with Crippen LogP contribution in [0.3, 0.4) is 0 Å². The second-order valence-electron chi connectivity index (χ2n) is 8.72. The van der Waals surface area contributed by atoms with Crippen molar-refractivity contribution in [2.24, 2.45) is 0 Å². The minimum Gasteiger partial charge on any atom is -0.493 e.